The summed E-state index contributed by atoms with van der Waals surface area (Å²) in [6.45, 7) is 4.07. The molecule has 0 saturated heterocycles. The highest BCUT2D eigenvalue weighted by Gasteiger charge is 2.60. The van der Waals surface area contributed by atoms with Gasteiger partial charge in [-0.2, -0.15) is 4.39 Å². The number of hydrogen-bond donors (Lipinski definition) is 1. The Morgan fingerprint density at radius 1 is 1.57 bits per heavy atom. The van der Waals surface area contributed by atoms with Gasteiger partial charge in [0, 0.05) is 16.2 Å². The van der Waals surface area contributed by atoms with Crippen LogP contribution in [0.25, 0.3) is 0 Å². The molecule has 1 saturated carbocycles. The Labute approximate surface area is 90.8 Å². The molecule has 76 valence electrons. The van der Waals surface area contributed by atoms with Gasteiger partial charge in [0.05, 0.1) is 5.54 Å². The average Bonchev–Trinajstić information content (AvgIpc) is 2.58. The molecule has 0 radical (unpaired) electrons. The maximum atomic E-state index is 13.4. The Morgan fingerprint density at radius 3 is 2.64 bits per heavy atom. The molecule has 0 amide bonds. The first-order chi connectivity index (χ1) is 6.37. The van der Waals surface area contributed by atoms with Crippen LogP contribution in [0.5, 0.6) is 0 Å². The third-order valence-electron chi connectivity index (χ3n) is 3.09. The van der Waals surface area contributed by atoms with Gasteiger partial charge in [-0.3, -0.25) is 0 Å². The number of halogens is 2. The molecule has 1 atom stereocenters. The number of nitrogens with two attached hydrogens (primary N) is 1. The minimum atomic E-state index is -0.548. The summed E-state index contributed by atoms with van der Waals surface area (Å²) in [4.78, 5) is 3.66. The van der Waals surface area contributed by atoms with Crippen molar-refractivity contribution < 1.29 is 4.39 Å². The molecule has 0 bridgehead atoms. The summed E-state index contributed by atoms with van der Waals surface area (Å²) in [6.07, 6.45) is 2.24. The highest BCUT2D eigenvalue weighted by Crippen LogP contribution is 2.60. The molecule has 14 heavy (non-hydrogen) atoms. The molecule has 1 unspecified atom stereocenters. The van der Waals surface area contributed by atoms with Crippen LogP contribution in [0.3, 0.4) is 0 Å². The van der Waals surface area contributed by atoms with Crippen molar-refractivity contribution in [3.63, 3.8) is 0 Å². The van der Waals surface area contributed by atoms with E-state index in [4.69, 9.17) is 5.73 Å². The van der Waals surface area contributed by atoms with Crippen molar-refractivity contribution in [1.82, 2.24) is 4.98 Å². The lowest BCUT2D eigenvalue weighted by molar-refractivity contribution is 0.470. The third-order valence-corrected chi connectivity index (χ3v) is 3.52. The molecule has 2 rings (SSSR count). The fourth-order valence-corrected chi connectivity index (χ4v) is 2.18. The first kappa shape index (κ1) is 10.1. The maximum Gasteiger partial charge on any atom is 0.217 e. The molecule has 1 heterocycles. The number of hydrogen-bond acceptors (Lipinski definition) is 2. The van der Waals surface area contributed by atoms with E-state index in [2.05, 4.69) is 20.9 Å². The van der Waals surface area contributed by atoms with Crippen LogP contribution in [-0.4, -0.2) is 4.98 Å². The van der Waals surface area contributed by atoms with E-state index in [-0.39, 0.29) is 5.41 Å². The molecule has 0 spiro atoms. The number of aromatic nitrogens is 1. The van der Waals surface area contributed by atoms with Crippen LogP contribution in [0.15, 0.2) is 16.7 Å². The van der Waals surface area contributed by atoms with Gasteiger partial charge in [0.2, 0.25) is 5.95 Å². The highest BCUT2D eigenvalue weighted by molar-refractivity contribution is 9.10. The number of nitrogens with zero attached hydrogens (tertiary/aromatic N) is 1. The molecule has 1 aromatic rings. The summed E-state index contributed by atoms with van der Waals surface area (Å²) >= 11 is 3.27. The van der Waals surface area contributed by atoms with Gasteiger partial charge in [-0.1, -0.05) is 13.8 Å². The Bertz CT molecular complexity index is 392. The predicted molar refractivity (Wildman–Crippen MR) is 56.2 cm³/mol. The van der Waals surface area contributed by atoms with E-state index in [0.717, 1.165) is 10.9 Å². The van der Waals surface area contributed by atoms with Crippen molar-refractivity contribution in [3.05, 3.63) is 28.2 Å². The molecule has 4 heteroatoms. The van der Waals surface area contributed by atoms with Crippen molar-refractivity contribution in [2.75, 3.05) is 0 Å². The lowest BCUT2D eigenvalue weighted by Gasteiger charge is -2.15. The molecule has 2 N–H and O–H groups in total. The normalized spacial score (nSPS) is 28.9. The Morgan fingerprint density at radius 2 is 2.14 bits per heavy atom. The van der Waals surface area contributed by atoms with Crippen LogP contribution in [0, 0.1) is 11.4 Å². The van der Waals surface area contributed by atoms with E-state index in [0.29, 0.717) is 5.56 Å². The molecule has 0 aliphatic heterocycles. The van der Waals surface area contributed by atoms with E-state index in [1.54, 1.807) is 6.07 Å². The highest BCUT2D eigenvalue weighted by atomic mass is 79.9. The molecule has 2 nitrogen and oxygen atoms in total. The maximum absolute atomic E-state index is 13.4. The van der Waals surface area contributed by atoms with Crippen molar-refractivity contribution >= 4 is 15.9 Å². The van der Waals surface area contributed by atoms with Gasteiger partial charge < -0.3 is 5.73 Å². The fourth-order valence-electron chi connectivity index (χ4n) is 1.85. The van der Waals surface area contributed by atoms with Crippen molar-refractivity contribution in [2.24, 2.45) is 11.1 Å². The standard InChI is InChI=1S/C10H12BrFN2/c1-9(2)5-10(9,13)7-3-6(11)4-14-8(7)12/h3-4H,5,13H2,1-2H3. The second-order valence-corrected chi connectivity index (χ2v) is 5.44. The number of pyridine rings is 1. The van der Waals surface area contributed by atoms with Gasteiger partial charge in [0.1, 0.15) is 0 Å². The van der Waals surface area contributed by atoms with Crippen LogP contribution in [-0.2, 0) is 5.54 Å². The molecular formula is C10H12BrFN2. The summed E-state index contributed by atoms with van der Waals surface area (Å²) in [5.74, 6) is -0.457. The minimum absolute atomic E-state index is 0.0314. The van der Waals surface area contributed by atoms with Gasteiger partial charge in [-0.25, -0.2) is 4.98 Å². The van der Waals surface area contributed by atoms with E-state index >= 15 is 0 Å². The first-order valence-electron chi connectivity index (χ1n) is 4.47. The Balaban J connectivity index is 2.48. The smallest absolute Gasteiger partial charge is 0.217 e. The van der Waals surface area contributed by atoms with E-state index < -0.39 is 11.5 Å². The zero-order valence-electron chi connectivity index (χ0n) is 8.14. The lowest BCUT2D eigenvalue weighted by Crippen LogP contribution is -2.27. The summed E-state index contributed by atoms with van der Waals surface area (Å²) in [5, 5.41) is 0. The van der Waals surface area contributed by atoms with Gasteiger partial charge in [0.25, 0.3) is 0 Å². The van der Waals surface area contributed by atoms with Gasteiger partial charge in [-0.05, 0) is 33.8 Å². The van der Waals surface area contributed by atoms with Crippen molar-refractivity contribution in [3.8, 4) is 0 Å². The van der Waals surface area contributed by atoms with Crippen LogP contribution in [0.1, 0.15) is 25.8 Å². The van der Waals surface area contributed by atoms with Crippen molar-refractivity contribution in [2.45, 2.75) is 25.8 Å². The summed E-state index contributed by atoms with van der Waals surface area (Å²) < 4.78 is 14.2. The monoisotopic (exact) mass is 258 g/mol. The topological polar surface area (TPSA) is 38.9 Å². The first-order valence-corrected chi connectivity index (χ1v) is 5.26. The summed E-state index contributed by atoms with van der Waals surface area (Å²) in [6, 6.07) is 1.72. The fraction of sp³-hybridized carbons (Fsp3) is 0.500. The van der Waals surface area contributed by atoms with Gasteiger partial charge in [0.15, 0.2) is 0 Å². The Hall–Kier alpha value is -0.480. The predicted octanol–water partition coefficient (Wildman–Crippen LogP) is 2.57. The second kappa shape index (κ2) is 2.76. The molecule has 1 aliphatic rings. The average molecular weight is 259 g/mol. The minimum Gasteiger partial charge on any atom is -0.321 e. The third kappa shape index (κ3) is 1.28. The van der Waals surface area contributed by atoms with Crippen LogP contribution in [0.2, 0.25) is 0 Å². The SMILES string of the molecule is CC1(C)CC1(N)c1cc(Br)cnc1F. The molecule has 0 aromatic carbocycles. The second-order valence-electron chi connectivity index (χ2n) is 4.52. The molecule has 1 fully saturated rings. The van der Waals surface area contributed by atoms with Crippen LogP contribution >= 0.6 is 15.9 Å². The molecule has 1 aromatic heterocycles. The zero-order chi connectivity index (χ0) is 10.6. The number of rotatable bonds is 1. The Kier molecular flexibility index (Phi) is 1.98. The lowest BCUT2D eigenvalue weighted by atomic mass is 9.98. The van der Waals surface area contributed by atoms with Crippen LogP contribution < -0.4 is 5.73 Å². The summed E-state index contributed by atoms with van der Waals surface area (Å²) in [5.41, 5.74) is 6.05. The largest absolute Gasteiger partial charge is 0.321 e. The quantitative estimate of drug-likeness (QED) is 0.787. The van der Waals surface area contributed by atoms with E-state index in [9.17, 15) is 4.39 Å². The summed E-state index contributed by atoms with van der Waals surface area (Å²) in [7, 11) is 0. The van der Waals surface area contributed by atoms with Crippen molar-refractivity contribution in [1.29, 1.82) is 0 Å². The zero-order valence-corrected chi connectivity index (χ0v) is 9.73. The van der Waals surface area contributed by atoms with Gasteiger partial charge in [-0.15, -0.1) is 0 Å². The van der Waals surface area contributed by atoms with Crippen LogP contribution in [0.4, 0.5) is 4.39 Å². The molecular weight excluding hydrogens is 247 g/mol. The van der Waals surface area contributed by atoms with E-state index in [1.807, 2.05) is 13.8 Å². The molecule has 1 aliphatic carbocycles. The van der Waals surface area contributed by atoms with E-state index in [1.165, 1.54) is 6.20 Å². The van der Waals surface area contributed by atoms with Gasteiger partial charge >= 0.3 is 0 Å².